The van der Waals surface area contributed by atoms with Crippen LogP contribution in [0.2, 0.25) is 0 Å². The molecule has 4 rings (SSSR count). The van der Waals surface area contributed by atoms with Crippen molar-refractivity contribution in [2.75, 3.05) is 0 Å². The summed E-state index contributed by atoms with van der Waals surface area (Å²) < 4.78 is 0. The summed E-state index contributed by atoms with van der Waals surface area (Å²) in [5.41, 5.74) is 3.00. The first-order valence-electron chi connectivity index (χ1n) is 12.5. The highest BCUT2D eigenvalue weighted by Crippen LogP contribution is 2.40. The molecule has 0 unspecified atom stereocenters. The lowest BCUT2D eigenvalue weighted by Crippen LogP contribution is -2.17. The number of benzene rings is 2. The second-order valence-electron chi connectivity index (χ2n) is 10.1. The molecule has 0 aliphatic heterocycles. The molecule has 0 radical (unpaired) electrons. The summed E-state index contributed by atoms with van der Waals surface area (Å²) in [5.74, 6) is 3.55. The third-order valence-corrected chi connectivity index (χ3v) is 8.09. The zero-order chi connectivity index (χ0) is 20.8. The van der Waals surface area contributed by atoms with Crippen LogP contribution in [0.3, 0.4) is 0 Å². The SMILES string of the molecule is C=CCCc1ccc2cc(C3CCC(CCC4CCC(C=C)CC4)CC3)ccc2c1. The first kappa shape index (κ1) is 21.4. The van der Waals surface area contributed by atoms with E-state index < -0.39 is 0 Å². The van der Waals surface area contributed by atoms with E-state index in [-0.39, 0.29) is 0 Å². The number of allylic oxidation sites excluding steroid dienone is 2. The van der Waals surface area contributed by atoms with Gasteiger partial charge in [-0.3, -0.25) is 0 Å². The third kappa shape index (κ3) is 5.45. The minimum Gasteiger partial charge on any atom is -0.103 e. The van der Waals surface area contributed by atoms with E-state index in [9.17, 15) is 0 Å². The maximum absolute atomic E-state index is 3.99. The van der Waals surface area contributed by atoms with E-state index >= 15 is 0 Å². The fourth-order valence-corrected chi connectivity index (χ4v) is 5.96. The van der Waals surface area contributed by atoms with Crippen molar-refractivity contribution in [3.05, 3.63) is 72.8 Å². The number of rotatable bonds is 8. The van der Waals surface area contributed by atoms with Crippen molar-refractivity contribution in [1.82, 2.24) is 0 Å². The van der Waals surface area contributed by atoms with Gasteiger partial charge in [0, 0.05) is 0 Å². The van der Waals surface area contributed by atoms with Crippen molar-refractivity contribution in [1.29, 1.82) is 0 Å². The molecule has 2 aliphatic rings. The summed E-state index contributed by atoms with van der Waals surface area (Å²) in [6.45, 7) is 7.83. The van der Waals surface area contributed by atoms with Gasteiger partial charge in [-0.1, -0.05) is 61.4 Å². The molecule has 0 spiro atoms. The molecule has 2 saturated carbocycles. The van der Waals surface area contributed by atoms with Crippen LogP contribution in [0, 0.1) is 17.8 Å². The van der Waals surface area contributed by atoms with E-state index in [0.29, 0.717) is 0 Å². The van der Waals surface area contributed by atoms with Gasteiger partial charge in [0.15, 0.2) is 0 Å². The molecule has 2 fully saturated rings. The predicted molar refractivity (Wildman–Crippen MR) is 132 cm³/mol. The van der Waals surface area contributed by atoms with E-state index in [1.807, 2.05) is 6.08 Å². The fourth-order valence-electron chi connectivity index (χ4n) is 5.96. The predicted octanol–water partition coefficient (Wildman–Crippen LogP) is 9.00. The molecule has 0 atom stereocenters. The van der Waals surface area contributed by atoms with Crippen LogP contribution in [0.4, 0.5) is 0 Å². The highest BCUT2D eigenvalue weighted by atomic mass is 14.3. The van der Waals surface area contributed by atoms with Gasteiger partial charge in [-0.05, 0) is 110 Å². The van der Waals surface area contributed by atoms with Gasteiger partial charge >= 0.3 is 0 Å². The molecule has 2 aromatic rings. The van der Waals surface area contributed by atoms with E-state index in [4.69, 9.17) is 0 Å². The van der Waals surface area contributed by atoms with Gasteiger partial charge in [0.25, 0.3) is 0 Å². The molecule has 0 N–H and O–H groups in total. The molecule has 0 saturated heterocycles. The first-order valence-corrected chi connectivity index (χ1v) is 12.5. The number of aryl methyl sites for hydroxylation is 1. The van der Waals surface area contributed by atoms with Gasteiger partial charge in [0.05, 0.1) is 0 Å². The van der Waals surface area contributed by atoms with Crippen molar-refractivity contribution in [2.24, 2.45) is 17.8 Å². The molecule has 2 aliphatic carbocycles. The number of hydrogen-bond acceptors (Lipinski definition) is 0. The molecule has 160 valence electrons. The summed E-state index contributed by atoms with van der Waals surface area (Å²) >= 11 is 0. The summed E-state index contributed by atoms with van der Waals surface area (Å²) in [6, 6.07) is 14.2. The average Bonchev–Trinajstić information content (AvgIpc) is 2.81. The molecular weight excluding hydrogens is 360 g/mol. The Kier molecular flexibility index (Phi) is 7.47. The molecule has 0 nitrogen and oxygen atoms in total. The lowest BCUT2D eigenvalue weighted by atomic mass is 9.74. The molecule has 0 bridgehead atoms. The average molecular weight is 401 g/mol. The smallest absolute Gasteiger partial charge is 0.0162 e. The Morgan fingerprint density at radius 1 is 0.733 bits per heavy atom. The Labute approximate surface area is 184 Å². The Morgan fingerprint density at radius 2 is 1.37 bits per heavy atom. The summed E-state index contributed by atoms with van der Waals surface area (Å²) in [6.07, 6.45) is 20.6. The zero-order valence-corrected chi connectivity index (χ0v) is 18.8. The second-order valence-corrected chi connectivity index (χ2v) is 10.1. The highest BCUT2D eigenvalue weighted by molar-refractivity contribution is 5.84. The van der Waals surface area contributed by atoms with Crippen molar-refractivity contribution < 1.29 is 0 Å². The first-order chi connectivity index (χ1) is 14.7. The van der Waals surface area contributed by atoms with E-state index in [1.54, 1.807) is 5.56 Å². The topological polar surface area (TPSA) is 0 Å². The number of hydrogen-bond donors (Lipinski definition) is 0. The van der Waals surface area contributed by atoms with Crippen LogP contribution in [0.15, 0.2) is 61.7 Å². The molecule has 0 amide bonds. The van der Waals surface area contributed by atoms with Crippen LogP contribution >= 0.6 is 0 Å². The fraction of sp³-hybridized carbons (Fsp3) is 0.533. The van der Waals surface area contributed by atoms with Crippen LogP contribution < -0.4 is 0 Å². The quantitative estimate of drug-likeness (QED) is 0.388. The third-order valence-electron chi connectivity index (χ3n) is 8.09. The Hall–Kier alpha value is -1.82. The van der Waals surface area contributed by atoms with Gasteiger partial charge in [-0.25, -0.2) is 0 Å². The maximum atomic E-state index is 3.99. The lowest BCUT2D eigenvalue weighted by molar-refractivity contribution is 0.246. The minimum atomic E-state index is 0.772. The van der Waals surface area contributed by atoms with Crippen molar-refractivity contribution >= 4 is 10.8 Å². The van der Waals surface area contributed by atoms with E-state index in [0.717, 1.165) is 36.5 Å². The Bertz CT molecular complexity index is 828. The van der Waals surface area contributed by atoms with Crippen LogP contribution in [0.1, 0.15) is 87.7 Å². The molecular formula is C30H40. The zero-order valence-electron chi connectivity index (χ0n) is 18.8. The Balaban J connectivity index is 1.27. The minimum absolute atomic E-state index is 0.772. The standard InChI is InChI=1S/C30H40/c1-3-5-6-26-15-18-30-22-29(20-19-28(30)21-26)27-16-13-25(14-17-27)12-11-24-9-7-23(4-2)8-10-24/h3-4,15,18-25,27H,1-2,5-14,16-17H2. The van der Waals surface area contributed by atoms with Crippen molar-refractivity contribution in [2.45, 2.75) is 83.0 Å². The highest BCUT2D eigenvalue weighted by Gasteiger charge is 2.25. The van der Waals surface area contributed by atoms with Crippen LogP contribution in [-0.2, 0) is 6.42 Å². The van der Waals surface area contributed by atoms with Crippen LogP contribution in [0.5, 0.6) is 0 Å². The summed E-state index contributed by atoms with van der Waals surface area (Å²) in [5, 5.41) is 2.80. The maximum Gasteiger partial charge on any atom is -0.0162 e. The van der Waals surface area contributed by atoms with Crippen molar-refractivity contribution in [3.8, 4) is 0 Å². The van der Waals surface area contributed by atoms with Crippen LogP contribution in [-0.4, -0.2) is 0 Å². The molecule has 2 aromatic carbocycles. The van der Waals surface area contributed by atoms with Gasteiger partial charge in [0.1, 0.15) is 0 Å². The molecule has 30 heavy (non-hydrogen) atoms. The summed E-state index contributed by atoms with van der Waals surface area (Å²) in [4.78, 5) is 0. The van der Waals surface area contributed by atoms with Gasteiger partial charge in [-0.2, -0.15) is 0 Å². The second kappa shape index (κ2) is 10.5. The summed E-state index contributed by atoms with van der Waals surface area (Å²) in [7, 11) is 0. The van der Waals surface area contributed by atoms with E-state index in [1.165, 1.54) is 80.5 Å². The Morgan fingerprint density at radius 3 is 2.03 bits per heavy atom. The van der Waals surface area contributed by atoms with Gasteiger partial charge < -0.3 is 0 Å². The lowest BCUT2D eigenvalue weighted by Gasteiger charge is -2.31. The molecule has 0 aromatic heterocycles. The monoisotopic (exact) mass is 400 g/mol. The van der Waals surface area contributed by atoms with Gasteiger partial charge in [0.2, 0.25) is 0 Å². The normalized spacial score (nSPS) is 27.1. The van der Waals surface area contributed by atoms with Crippen LogP contribution in [0.25, 0.3) is 10.8 Å². The van der Waals surface area contributed by atoms with Gasteiger partial charge in [-0.15, -0.1) is 13.2 Å². The molecule has 0 heteroatoms. The number of fused-ring (bicyclic) bond motifs is 1. The largest absolute Gasteiger partial charge is 0.103 e. The molecule has 0 heterocycles. The van der Waals surface area contributed by atoms with Crippen molar-refractivity contribution in [3.63, 3.8) is 0 Å². The van der Waals surface area contributed by atoms with E-state index in [2.05, 4.69) is 55.6 Å².